The third-order valence-corrected chi connectivity index (χ3v) is 8.82. The van der Waals surface area contributed by atoms with Gasteiger partial charge in [0.15, 0.2) is 0 Å². The number of aromatic nitrogens is 2. The Balaban J connectivity index is 1.58. The van der Waals surface area contributed by atoms with E-state index in [2.05, 4.69) is 4.57 Å². The number of carbonyl (C=O) groups excluding carboxylic acids is 1. The molecule has 1 aromatic heterocycles. The van der Waals surface area contributed by atoms with Gasteiger partial charge < -0.3 is 9.47 Å². The first-order chi connectivity index (χ1) is 16.2. The molecular weight excluding hydrogens is 451 g/mol. The normalized spacial score (nSPS) is 21.2. The molecule has 34 heavy (non-hydrogen) atoms. The summed E-state index contributed by atoms with van der Waals surface area (Å²) >= 11 is 0. The number of carbonyl (C=O) groups is 1. The fourth-order valence-electron chi connectivity index (χ4n) is 5.56. The molecule has 172 valence electrons. The van der Waals surface area contributed by atoms with E-state index in [0.29, 0.717) is 17.5 Å². The molecule has 0 N–H and O–H groups in total. The monoisotopic (exact) mass is 475 g/mol. The van der Waals surface area contributed by atoms with Crippen LogP contribution in [-0.4, -0.2) is 40.7 Å². The molecule has 6 rings (SSSR count). The van der Waals surface area contributed by atoms with Gasteiger partial charge in [-0.3, -0.25) is 4.79 Å². The Bertz CT molecular complexity index is 1510. The molecule has 1 amide bonds. The number of fused-ring (bicyclic) bond motifs is 9. The molecule has 2 aliphatic heterocycles. The fourth-order valence-corrected chi connectivity index (χ4v) is 6.43. The Morgan fingerprint density at radius 3 is 2.50 bits per heavy atom. The molecule has 2 bridgehead atoms. The van der Waals surface area contributed by atoms with Gasteiger partial charge in [-0.2, -0.15) is 0 Å². The Hall–Kier alpha value is -3.11. The molecule has 2 atom stereocenters. The van der Waals surface area contributed by atoms with Crippen LogP contribution in [0.1, 0.15) is 41.1 Å². The zero-order chi connectivity index (χ0) is 23.9. The molecule has 2 aliphatic rings. The average Bonchev–Trinajstić information content (AvgIpc) is 3.31. The summed E-state index contributed by atoms with van der Waals surface area (Å²) in [6, 6.07) is 15.6. The topological polar surface area (TPSA) is 38.1 Å². The highest BCUT2D eigenvalue weighted by atomic mass is 31.1. The van der Waals surface area contributed by atoms with Crippen LogP contribution in [0.25, 0.3) is 22.2 Å². The summed E-state index contributed by atoms with van der Waals surface area (Å²) in [4.78, 5) is 19.8. The van der Waals surface area contributed by atoms with Crippen LogP contribution in [0.3, 0.4) is 0 Å². The molecule has 2 unspecified atom stereocenters. The van der Waals surface area contributed by atoms with E-state index in [1.807, 2.05) is 50.6 Å². The van der Waals surface area contributed by atoms with E-state index in [0.717, 1.165) is 33.3 Å². The Morgan fingerprint density at radius 2 is 1.76 bits per heavy atom. The van der Waals surface area contributed by atoms with E-state index in [9.17, 15) is 9.18 Å². The van der Waals surface area contributed by atoms with E-state index >= 15 is 4.39 Å². The van der Waals surface area contributed by atoms with Gasteiger partial charge in [-0.1, -0.05) is 32.2 Å². The van der Waals surface area contributed by atoms with Crippen molar-refractivity contribution >= 4 is 30.2 Å². The molecule has 4 nitrogen and oxygen atoms in total. The fraction of sp³-hybridized carbons (Fsp3) is 0.259. The smallest absolute Gasteiger partial charge is 0.254 e. The van der Waals surface area contributed by atoms with Gasteiger partial charge in [-0.05, 0) is 61.7 Å². The second kappa shape index (κ2) is 7.19. The minimum atomic E-state index is -0.667. The lowest BCUT2D eigenvalue weighted by molar-refractivity contribution is 0.0592. The van der Waals surface area contributed by atoms with Crippen molar-refractivity contribution in [2.45, 2.75) is 24.9 Å². The van der Waals surface area contributed by atoms with Crippen molar-refractivity contribution in [1.29, 1.82) is 0 Å². The molecule has 0 saturated carbocycles. The van der Waals surface area contributed by atoms with Crippen molar-refractivity contribution in [2.24, 2.45) is 0 Å². The number of hydrogen-bond donors (Lipinski definition) is 0. The van der Waals surface area contributed by atoms with E-state index in [-0.39, 0.29) is 23.6 Å². The molecule has 3 heterocycles. The minimum Gasteiger partial charge on any atom is -0.329 e. The second-order valence-corrected chi connectivity index (χ2v) is 11.9. The molecular formula is C27H24F2N3OP. The van der Waals surface area contributed by atoms with Crippen LogP contribution in [0.2, 0.25) is 0 Å². The summed E-state index contributed by atoms with van der Waals surface area (Å²) in [5, 5.41) is 0.753. The van der Waals surface area contributed by atoms with Crippen molar-refractivity contribution in [1.82, 2.24) is 14.5 Å². The zero-order valence-electron chi connectivity index (χ0n) is 19.4. The summed E-state index contributed by atoms with van der Waals surface area (Å²) in [7, 11) is 1.23. The SMILES string of the molecule is CN1C(=O)c2cccc(F)c2C2CC1(C)c1nc3ccc(-c4ccc(P(C)C)c(F)c4)cc3n12. The average molecular weight is 475 g/mol. The van der Waals surface area contributed by atoms with Gasteiger partial charge in [0.05, 0.1) is 17.1 Å². The third-order valence-electron chi connectivity index (χ3n) is 7.50. The third kappa shape index (κ3) is 2.78. The Morgan fingerprint density at radius 1 is 1.03 bits per heavy atom. The van der Waals surface area contributed by atoms with Crippen LogP contribution >= 0.6 is 7.92 Å². The molecule has 4 aromatic rings. The first-order valence-corrected chi connectivity index (χ1v) is 13.5. The van der Waals surface area contributed by atoms with Gasteiger partial charge in [0.2, 0.25) is 0 Å². The standard InChI is InChI=1S/C27H24F2N3OP/c1-27-14-22(24-17(25(33)31(27)2)6-5-7-18(24)28)32-21-13-16(8-10-20(21)30-26(27)32)15-9-11-23(34(3)4)19(29)12-15/h5-13,22H,14H2,1-4H3. The lowest BCUT2D eigenvalue weighted by Gasteiger charge is -2.33. The lowest BCUT2D eigenvalue weighted by atomic mass is 9.93. The van der Waals surface area contributed by atoms with Crippen molar-refractivity contribution in [3.05, 3.63) is 83.2 Å². The van der Waals surface area contributed by atoms with Crippen LogP contribution in [0, 0.1) is 11.6 Å². The first kappa shape index (κ1) is 21.4. The van der Waals surface area contributed by atoms with Gasteiger partial charge in [-0.15, -0.1) is 0 Å². The molecule has 3 aromatic carbocycles. The van der Waals surface area contributed by atoms with Crippen molar-refractivity contribution in [3.8, 4) is 11.1 Å². The Labute approximate surface area is 198 Å². The van der Waals surface area contributed by atoms with Crippen LogP contribution in [-0.2, 0) is 5.54 Å². The number of hydrogen-bond acceptors (Lipinski definition) is 2. The molecule has 0 radical (unpaired) electrons. The summed E-state index contributed by atoms with van der Waals surface area (Å²) < 4.78 is 32.0. The highest BCUT2D eigenvalue weighted by Gasteiger charge is 2.52. The predicted octanol–water partition coefficient (Wildman–Crippen LogP) is 5.64. The van der Waals surface area contributed by atoms with Gasteiger partial charge in [-0.25, -0.2) is 13.8 Å². The minimum absolute atomic E-state index is 0.191. The molecule has 0 fully saturated rings. The second-order valence-electron chi connectivity index (χ2n) is 9.63. The molecule has 0 aliphatic carbocycles. The summed E-state index contributed by atoms with van der Waals surface area (Å²) in [5.41, 5.74) is 3.45. The van der Waals surface area contributed by atoms with Crippen LogP contribution in [0.5, 0.6) is 0 Å². The Kier molecular flexibility index (Phi) is 4.53. The van der Waals surface area contributed by atoms with E-state index in [4.69, 9.17) is 4.98 Å². The van der Waals surface area contributed by atoms with Gasteiger partial charge in [0.25, 0.3) is 5.91 Å². The number of imidazole rings is 1. The van der Waals surface area contributed by atoms with Crippen LogP contribution < -0.4 is 5.30 Å². The number of benzene rings is 3. The summed E-state index contributed by atoms with van der Waals surface area (Å²) in [6.45, 7) is 6.07. The predicted molar refractivity (Wildman–Crippen MR) is 132 cm³/mol. The number of rotatable bonds is 2. The lowest BCUT2D eigenvalue weighted by Crippen LogP contribution is -2.43. The maximum absolute atomic E-state index is 15.2. The van der Waals surface area contributed by atoms with Crippen molar-refractivity contribution in [2.75, 3.05) is 20.4 Å². The quantitative estimate of drug-likeness (QED) is 0.352. The van der Waals surface area contributed by atoms with E-state index in [1.165, 1.54) is 6.07 Å². The van der Waals surface area contributed by atoms with E-state index < -0.39 is 13.5 Å². The summed E-state index contributed by atoms with van der Waals surface area (Å²) in [6.07, 6.45) is 0.547. The molecule has 0 spiro atoms. The van der Waals surface area contributed by atoms with Gasteiger partial charge >= 0.3 is 0 Å². The highest BCUT2D eigenvalue weighted by Crippen LogP contribution is 2.51. The number of halogens is 2. The first-order valence-electron chi connectivity index (χ1n) is 11.3. The molecule has 7 heteroatoms. The van der Waals surface area contributed by atoms with E-state index in [1.54, 1.807) is 30.1 Å². The number of nitrogens with zero attached hydrogens (tertiary/aromatic N) is 3. The van der Waals surface area contributed by atoms with Gasteiger partial charge in [0, 0.05) is 29.9 Å². The largest absolute Gasteiger partial charge is 0.329 e. The van der Waals surface area contributed by atoms with Gasteiger partial charge in [0.1, 0.15) is 23.0 Å². The maximum atomic E-state index is 15.2. The highest BCUT2D eigenvalue weighted by molar-refractivity contribution is 7.64. The van der Waals surface area contributed by atoms with Crippen molar-refractivity contribution in [3.63, 3.8) is 0 Å². The maximum Gasteiger partial charge on any atom is 0.254 e. The van der Waals surface area contributed by atoms with Crippen LogP contribution in [0.4, 0.5) is 8.78 Å². The summed E-state index contributed by atoms with van der Waals surface area (Å²) in [5.74, 6) is -0.0183. The molecule has 0 saturated heterocycles. The zero-order valence-corrected chi connectivity index (χ0v) is 20.3. The number of amides is 1. The van der Waals surface area contributed by atoms with Crippen LogP contribution in [0.15, 0.2) is 54.6 Å². The van der Waals surface area contributed by atoms with Crippen molar-refractivity contribution < 1.29 is 13.6 Å².